The predicted molar refractivity (Wildman–Crippen MR) is 71.8 cm³/mol. The molecule has 5 nitrogen and oxygen atoms in total. The Morgan fingerprint density at radius 1 is 1.20 bits per heavy atom. The topological polar surface area (TPSA) is 73.4 Å². The highest BCUT2D eigenvalue weighted by Crippen LogP contribution is 2.39. The van der Waals surface area contributed by atoms with Gasteiger partial charge in [-0.1, -0.05) is 18.2 Å². The molecule has 2 aromatic rings. The van der Waals surface area contributed by atoms with Crippen LogP contribution in [0.15, 0.2) is 36.4 Å². The number of aromatic nitrogens is 1. The van der Waals surface area contributed by atoms with Crippen molar-refractivity contribution >= 4 is 22.6 Å². The number of aliphatic hydroxyl groups is 1. The number of aromatic amines is 1. The quantitative estimate of drug-likeness (QED) is 0.743. The van der Waals surface area contributed by atoms with Crippen LogP contribution >= 0.6 is 0 Å². The van der Waals surface area contributed by atoms with Gasteiger partial charge in [-0.3, -0.25) is 14.5 Å². The minimum Gasteiger partial charge on any atom is -0.359 e. The van der Waals surface area contributed by atoms with Gasteiger partial charge in [0.2, 0.25) is 17.4 Å². The molecular formula is C15H12N2O3. The maximum Gasteiger partial charge on any atom is 0.249 e. The zero-order chi connectivity index (χ0) is 13.9. The minimum absolute atomic E-state index is 0.334. The molecule has 100 valence electrons. The molecule has 5 heteroatoms. The molecular weight excluding hydrogens is 256 g/mol. The van der Waals surface area contributed by atoms with Crippen molar-refractivity contribution in [2.24, 2.45) is 0 Å². The third-order valence-corrected chi connectivity index (χ3v) is 4.13. The second-order valence-electron chi connectivity index (χ2n) is 5.13. The summed E-state index contributed by atoms with van der Waals surface area (Å²) in [7, 11) is 0. The van der Waals surface area contributed by atoms with Gasteiger partial charge in [0.1, 0.15) is 0 Å². The Bertz CT molecular complexity index is 790. The van der Waals surface area contributed by atoms with Gasteiger partial charge in [0.05, 0.1) is 5.69 Å². The number of hydrogen-bond acceptors (Lipinski definition) is 3. The highest BCUT2D eigenvalue weighted by atomic mass is 16.3. The molecule has 0 spiro atoms. The van der Waals surface area contributed by atoms with E-state index in [9.17, 15) is 14.7 Å². The fourth-order valence-corrected chi connectivity index (χ4v) is 3.16. The van der Waals surface area contributed by atoms with Gasteiger partial charge in [0, 0.05) is 23.5 Å². The average Bonchev–Trinajstić information content (AvgIpc) is 2.83. The molecule has 1 aromatic heterocycles. The van der Waals surface area contributed by atoms with Crippen molar-refractivity contribution in [3.05, 3.63) is 47.7 Å². The zero-order valence-corrected chi connectivity index (χ0v) is 10.6. The molecule has 2 aliphatic rings. The van der Waals surface area contributed by atoms with Crippen molar-refractivity contribution in [2.75, 3.05) is 6.54 Å². The summed E-state index contributed by atoms with van der Waals surface area (Å²) < 4.78 is 0. The van der Waals surface area contributed by atoms with Crippen LogP contribution in [0.1, 0.15) is 11.3 Å². The standard InChI is InChI=1S/C15H12N2O3/c18-12-5-6-13(19)17-8-7-10-9-3-1-2-4-11(9)16-14(10)15(12,17)20/h1-6,16,20H,7-8H2. The Balaban J connectivity index is 2.04. The molecule has 0 saturated heterocycles. The number of nitrogens with zero attached hydrogens (tertiary/aromatic N) is 1. The summed E-state index contributed by atoms with van der Waals surface area (Å²) in [6.07, 6.45) is 2.98. The number of fused-ring (bicyclic) bond motifs is 5. The molecule has 0 bridgehead atoms. The molecule has 2 aliphatic heterocycles. The lowest BCUT2D eigenvalue weighted by atomic mass is 9.89. The van der Waals surface area contributed by atoms with E-state index in [-0.39, 0.29) is 5.91 Å². The van der Waals surface area contributed by atoms with Crippen LogP contribution in [0.25, 0.3) is 10.9 Å². The van der Waals surface area contributed by atoms with Crippen LogP contribution in [-0.4, -0.2) is 33.2 Å². The van der Waals surface area contributed by atoms with E-state index in [2.05, 4.69) is 4.98 Å². The SMILES string of the molecule is O=C1C=CC(=O)C2(O)c3[nH]c4ccccc4c3CCN12. The number of nitrogens with one attached hydrogen (secondary N) is 1. The van der Waals surface area contributed by atoms with Crippen LogP contribution in [0.3, 0.4) is 0 Å². The van der Waals surface area contributed by atoms with Crippen molar-refractivity contribution in [3.63, 3.8) is 0 Å². The summed E-state index contributed by atoms with van der Waals surface area (Å²) in [4.78, 5) is 28.4. The Kier molecular flexibility index (Phi) is 2.04. The average molecular weight is 268 g/mol. The molecule has 20 heavy (non-hydrogen) atoms. The second-order valence-corrected chi connectivity index (χ2v) is 5.13. The lowest BCUT2D eigenvalue weighted by Gasteiger charge is -2.42. The first-order valence-electron chi connectivity index (χ1n) is 6.49. The van der Waals surface area contributed by atoms with Gasteiger partial charge in [-0.25, -0.2) is 0 Å². The van der Waals surface area contributed by atoms with Crippen LogP contribution < -0.4 is 0 Å². The highest BCUT2D eigenvalue weighted by molar-refractivity contribution is 6.09. The molecule has 0 saturated carbocycles. The van der Waals surface area contributed by atoms with Gasteiger partial charge in [0.25, 0.3) is 0 Å². The summed E-state index contributed by atoms with van der Waals surface area (Å²) in [5, 5.41) is 11.8. The first kappa shape index (κ1) is 11.4. The van der Waals surface area contributed by atoms with Crippen molar-refractivity contribution in [3.8, 4) is 0 Å². The van der Waals surface area contributed by atoms with Gasteiger partial charge in [-0.15, -0.1) is 0 Å². The molecule has 1 unspecified atom stereocenters. The predicted octanol–water partition coefficient (Wildman–Crippen LogP) is 0.837. The van der Waals surface area contributed by atoms with Gasteiger partial charge < -0.3 is 10.1 Å². The number of ketones is 1. The van der Waals surface area contributed by atoms with E-state index in [0.717, 1.165) is 22.5 Å². The number of H-pyrrole nitrogens is 1. The van der Waals surface area contributed by atoms with E-state index < -0.39 is 11.5 Å². The fraction of sp³-hybridized carbons (Fsp3) is 0.200. The number of benzene rings is 1. The van der Waals surface area contributed by atoms with Crippen molar-refractivity contribution in [2.45, 2.75) is 12.1 Å². The maximum atomic E-state index is 12.2. The van der Waals surface area contributed by atoms with E-state index in [1.54, 1.807) is 0 Å². The van der Waals surface area contributed by atoms with Gasteiger partial charge in [-0.05, 0) is 24.1 Å². The minimum atomic E-state index is -1.89. The van der Waals surface area contributed by atoms with Crippen LogP contribution in [0.4, 0.5) is 0 Å². The molecule has 2 N–H and O–H groups in total. The molecule has 1 aromatic carbocycles. The van der Waals surface area contributed by atoms with Crippen LogP contribution in [0.5, 0.6) is 0 Å². The maximum absolute atomic E-state index is 12.2. The van der Waals surface area contributed by atoms with Crippen molar-refractivity contribution in [1.29, 1.82) is 0 Å². The molecule has 1 amide bonds. The van der Waals surface area contributed by atoms with Gasteiger partial charge >= 0.3 is 0 Å². The molecule has 0 aliphatic carbocycles. The lowest BCUT2D eigenvalue weighted by molar-refractivity contribution is -0.174. The first-order chi connectivity index (χ1) is 9.62. The van der Waals surface area contributed by atoms with Gasteiger partial charge in [-0.2, -0.15) is 0 Å². The second kappa shape index (κ2) is 3.58. The molecule has 3 heterocycles. The number of amides is 1. The van der Waals surface area contributed by atoms with Crippen molar-refractivity contribution < 1.29 is 14.7 Å². The Labute approximate surface area is 114 Å². The Morgan fingerprint density at radius 2 is 2.00 bits per heavy atom. The van der Waals surface area contributed by atoms with Gasteiger partial charge in [0.15, 0.2) is 0 Å². The van der Waals surface area contributed by atoms with E-state index in [1.807, 2.05) is 24.3 Å². The summed E-state index contributed by atoms with van der Waals surface area (Å²) in [5.74, 6) is -0.819. The summed E-state index contributed by atoms with van der Waals surface area (Å²) >= 11 is 0. The highest BCUT2D eigenvalue weighted by Gasteiger charge is 2.51. The number of para-hydroxylation sites is 1. The van der Waals surface area contributed by atoms with Crippen molar-refractivity contribution in [1.82, 2.24) is 9.88 Å². The number of rotatable bonds is 0. The number of carbonyl (C=O) groups is 2. The lowest BCUT2D eigenvalue weighted by Crippen LogP contribution is -2.59. The smallest absolute Gasteiger partial charge is 0.249 e. The monoisotopic (exact) mass is 268 g/mol. The summed E-state index contributed by atoms with van der Waals surface area (Å²) in [6.45, 7) is 0.334. The molecule has 1 atom stereocenters. The fourth-order valence-electron chi connectivity index (χ4n) is 3.16. The third-order valence-electron chi connectivity index (χ3n) is 4.13. The molecule has 0 radical (unpaired) electrons. The van der Waals surface area contributed by atoms with E-state index in [1.165, 1.54) is 11.0 Å². The normalized spacial score (nSPS) is 24.9. The Morgan fingerprint density at radius 3 is 2.85 bits per heavy atom. The van der Waals surface area contributed by atoms with E-state index in [0.29, 0.717) is 18.7 Å². The molecule has 4 rings (SSSR count). The number of carbonyl (C=O) groups excluding carboxylic acids is 2. The van der Waals surface area contributed by atoms with Crippen LogP contribution in [0.2, 0.25) is 0 Å². The van der Waals surface area contributed by atoms with Crippen LogP contribution in [0, 0.1) is 0 Å². The zero-order valence-electron chi connectivity index (χ0n) is 10.6. The largest absolute Gasteiger partial charge is 0.359 e. The van der Waals surface area contributed by atoms with Crippen LogP contribution in [-0.2, 0) is 21.7 Å². The number of hydrogen-bond donors (Lipinski definition) is 2. The third kappa shape index (κ3) is 1.20. The Hall–Kier alpha value is -2.40. The summed E-state index contributed by atoms with van der Waals surface area (Å²) in [6, 6.07) is 7.65. The summed E-state index contributed by atoms with van der Waals surface area (Å²) in [5.41, 5.74) is 0.310. The van der Waals surface area contributed by atoms with E-state index in [4.69, 9.17) is 0 Å². The molecule has 0 fully saturated rings. The first-order valence-corrected chi connectivity index (χ1v) is 6.49. The van der Waals surface area contributed by atoms with E-state index >= 15 is 0 Å².